The van der Waals surface area contributed by atoms with Crippen LogP contribution in [-0.2, 0) is 11.2 Å². The lowest BCUT2D eigenvalue weighted by molar-refractivity contribution is -0.131. The number of amides is 1. The first-order chi connectivity index (χ1) is 12.7. The zero-order valence-corrected chi connectivity index (χ0v) is 16.3. The lowest BCUT2D eigenvalue weighted by atomic mass is 10.0. The van der Waals surface area contributed by atoms with Gasteiger partial charge in [-0.05, 0) is 43.4 Å². The van der Waals surface area contributed by atoms with Gasteiger partial charge in [-0.3, -0.25) is 4.79 Å². The van der Waals surface area contributed by atoms with Gasteiger partial charge in [-0.25, -0.2) is 9.97 Å². The van der Waals surface area contributed by atoms with Crippen LogP contribution in [-0.4, -0.2) is 45.9 Å². The molecule has 1 saturated heterocycles. The Kier molecular flexibility index (Phi) is 5.20. The van der Waals surface area contributed by atoms with E-state index in [1.165, 1.54) is 12.8 Å². The summed E-state index contributed by atoms with van der Waals surface area (Å²) >= 11 is 3.54. The van der Waals surface area contributed by atoms with Gasteiger partial charge in [0, 0.05) is 35.8 Å². The Labute approximate surface area is 162 Å². The van der Waals surface area contributed by atoms with Gasteiger partial charge in [0.05, 0.1) is 6.42 Å². The molecule has 0 unspecified atom stereocenters. The minimum Gasteiger partial charge on any atom is -0.350 e. The average Bonchev–Trinajstić information content (AvgIpc) is 3.50. The number of benzene rings is 1. The summed E-state index contributed by atoms with van der Waals surface area (Å²) in [6, 6.07) is 11.0. The number of halogens is 1. The molecule has 6 heteroatoms. The lowest BCUT2D eigenvalue weighted by Crippen LogP contribution is -2.48. The van der Waals surface area contributed by atoms with E-state index in [0.717, 1.165) is 41.8 Å². The quantitative estimate of drug-likeness (QED) is 0.751. The minimum atomic E-state index is 0.218. The fourth-order valence-corrected chi connectivity index (χ4v) is 4.20. The molecule has 1 aromatic heterocycles. The molecule has 5 nitrogen and oxygen atoms in total. The van der Waals surface area contributed by atoms with Crippen molar-refractivity contribution >= 4 is 27.7 Å². The zero-order valence-electron chi connectivity index (χ0n) is 14.7. The van der Waals surface area contributed by atoms with E-state index >= 15 is 0 Å². The fourth-order valence-electron chi connectivity index (χ4n) is 3.77. The van der Waals surface area contributed by atoms with Crippen LogP contribution in [0.4, 0.5) is 5.82 Å². The molecule has 2 aliphatic rings. The average molecular weight is 415 g/mol. The first-order valence-electron chi connectivity index (χ1n) is 9.28. The maximum Gasteiger partial charge on any atom is 0.227 e. The molecule has 136 valence electrons. The molecule has 2 fully saturated rings. The van der Waals surface area contributed by atoms with Gasteiger partial charge < -0.3 is 9.80 Å². The third-order valence-corrected chi connectivity index (χ3v) is 6.05. The van der Waals surface area contributed by atoms with Crippen molar-refractivity contribution in [3.05, 3.63) is 52.9 Å². The van der Waals surface area contributed by atoms with Crippen LogP contribution < -0.4 is 4.90 Å². The van der Waals surface area contributed by atoms with Gasteiger partial charge in [-0.15, -0.1) is 0 Å². The number of hydrogen-bond donors (Lipinski definition) is 0. The number of nitrogens with zero attached hydrogens (tertiary/aromatic N) is 4. The summed E-state index contributed by atoms with van der Waals surface area (Å²) in [4.78, 5) is 25.7. The number of rotatable bonds is 5. The second-order valence-electron chi connectivity index (χ2n) is 7.09. The molecule has 0 atom stereocenters. The van der Waals surface area contributed by atoms with Crippen LogP contribution in [0.3, 0.4) is 0 Å². The van der Waals surface area contributed by atoms with E-state index in [2.05, 4.69) is 30.8 Å². The molecule has 0 bridgehead atoms. The summed E-state index contributed by atoms with van der Waals surface area (Å²) in [6.07, 6.45) is 8.39. The van der Waals surface area contributed by atoms with E-state index in [-0.39, 0.29) is 5.91 Å². The molecule has 1 aromatic carbocycles. The van der Waals surface area contributed by atoms with Crippen molar-refractivity contribution in [1.82, 2.24) is 14.9 Å². The Bertz CT molecular complexity index is 757. The number of anilines is 1. The van der Waals surface area contributed by atoms with Gasteiger partial charge in [0.15, 0.2) is 0 Å². The summed E-state index contributed by atoms with van der Waals surface area (Å²) < 4.78 is 1.01. The molecule has 2 aromatic rings. The maximum absolute atomic E-state index is 12.7. The SMILES string of the molecule is O=C(Cc1ccccc1Br)N1CCC(N(c2ccncn2)C2CC2)CC1. The highest BCUT2D eigenvalue weighted by Gasteiger charge is 2.36. The molecule has 0 radical (unpaired) electrons. The van der Waals surface area contributed by atoms with Gasteiger partial charge >= 0.3 is 0 Å². The van der Waals surface area contributed by atoms with Crippen molar-refractivity contribution in [3.8, 4) is 0 Å². The van der Waals surface area contributed by atoms with Gasteiger partial charge in [0.25, 0.3) is 0 Å². The number of aromatic nitrogens is 2. The molecule has 26 heavy (non-hydrogen) atoms. The number of carbonyl (C=O) groups excluding carboxylic acids is 1. The Morgan fingerprint density at radius 3 is 2.50 bits per heavy atom. The Balaban J connectivity index is 1.37. The minimum absolute atomic E-state index is 0.218. The Morgan fingerprint density at radius 1 is 1.12 bits per heavy atom. The smallest absolute Gasteiger partial charge is 0.227 e. The van der Waals surface area contributed by atoms with Crippen molar-refractivity contribution in [1.29, 1.82) is 0 Å². The summed E-state index contributed by atoms with van der Waals surface area (Å²) in [7, 11) is 0. The third-order valence-electron chi connectivity index (χ3n) is 5.28. The first kappa shape index (κ1) is 17.5. The first-order valence-corrected chi connectivity index (χ1v) is 10.1. The monoisotopic (exact) mass is 414 g/mol. The molecular formula is C20H23BrN4O. The van der Waals surface area contributed by atoms with Crippen molar-refractivity contribution in [3.63, 3.8) is 0 Å². The zero-order chi connectivity index (χ0) is 17.9. The van der Waals surface area contributed by atoms with E-state index in [0.29, 0.717) is 18.5 Å². The second kappa shape index (κ2) is 7.74. The Morgan fingerprint density at radius 2 is 1.85 bits per heavy atom. The molecule has 1 aliphatic heterocycles. The predicted octanol–water partition coefficient (Wildman–Crippen LogP) is 3.44. The van der Waals surface area contributed by atoms with E-state index in [9.17, 15) is 4.79 Å². The number of carbonyl (C=O) groups is 1. The van der Waals surface area contributed by atoms with Crippen LogP contribution in [0.5, 0.6) is 0 Å². The van der Waals surface area contributed by atoms with Crippen molar-refractivity contribution in [2.75, 3.05) is 18.0 Å². The number of hydrogen-bond acceptors (Lipinski definition) is 4. The Hall–Kier alpha value is -1.95. The second-order valence-corrected chi connectivity index (χ2v) is 7.94. The van der Waals surface area contributed by atoms with Crippen molar-refractivity contribution in [2.45, 2.75) is 44.2 Å². The molecule has 1 amide bonds. The van der Waals surface area contributed by atoms with Crippen molar-refractivity contribution < 1.29 is 4.79 Å². The number of piperidine rings is 1. The summed E-state index contributed by atoms with van der Waals surface area (Å²) in [5.74, 6) is 1.25. The molecule has 0 spiro atoms. The van der Waals surface area contributed by atoms with Crippen LogP contribution in [0.2, 0.25) is 0 Å². The molecule has 1 saturated carbocycles. The highest BCUT2D eigenvalue weighted by atomic mass is 79.9. The van der Waals surface area contributed by atoms with E-state index in [4.69, 9.17) is 0 Å². The van der Waals surface area contributed by atoms with Crippen molar-refractivity contribution in [2.24, 2.45) is 0 Å². The highest BCUT2D eigenvalue weighted by molar-refractivity contribution is 9.10. The van der Waals surface area contributed by atoms with Crippen LogP contribution in [0.1, 0.15) is 31.2 Å². The molecular weight excluding hydrogens is 392 g/mol. The summed E-state index contributed by atoms with van der Waals surface area (Å²) in [5.41, 5.74) is 1.06. The van der Waals surface area contributed by atoms with Gasteiger partial charge in [-0.1, -0.05) is 34.1 Å². The van der Waals surface area contributed by atoms with Crippen LogP contribution in [0.15, 0.2) is 47.3 Å². The largest absolute Gasteiger partial charge is 0.350 e. The predicted molar refractivity (Wildman–Crippen MR) is 105 cm³/mol. The maximum atomic E-state index is 12.7. The topological polar surface area (TPSA) is 49.3 Å². The highest BCUT2D eigenvalue weighted by Crippen LogP contribution is 2.35. The summed E-state index contributed by atoms with van der Waals surface area (Å²) in [5, 5.41) is 0. The van der Waals surface area contributed by atoms with Crippen LogP contribution >= 0.6 is 15.9 Å². The van der Waals surface area contributed by atoms with Gasteiger partial charge in [0.2, 0.25) is 5.91 Å². The van der Waals surface area contributed by atoms with Crippen LogP contribution in [0, 0.1) is 0 Å². The number of likely N-dealkylation sites (tertiary alicyclic amines) is 1. The van der Waals surface area contributed by atoms with Gasteiger partial charge in [0.1, 0.15) is 12.1 Å². The molecule has 2 heterocycles. The van der Waals surface area contributed by atoms with E-state index < -0.39 is 0 Å². The molecule has 0 N–H and O–H groups in total. The standard InChI is InChI=1S/C20H23BrN4O/c21-18-4-2-1-3-15(18)13-20(26)24-11-8-17(9-12-24)25(16-5-6-16)19-7-10-22-14-23-19/h1-4,7,10,14,16-17H,5-6,8-9,11-13H2. The molecule has 4 rings (SSSR count). The summed E-state index contributed by atoms with van der Waals surface area (Å²) in [6.45, 7) is 1.64. The van der Waals surface area contributed by atoms with E-state index in [1.807, 2.05) is 41.4 Å². The fraction of sp³-hybridized carbons (Fsp3) is 0.450. The normalized spacial score (nSPS) is 18.0. The third kappa shape index (κ3) is 3.90. The molecule has 1 aliphatic carbocycles. The van der Waals surface area contributed by atoms with E-state index in [1.54, 1.807) is 6.33 Å². The lowest BCUT2D eigenvalue weighted by Gasteiger charge is -2.39. The van der Waals surface area contributed by atoms with Gasteiger partial charge in [-0.2, -0.15) is 0 Å². The van der Waals surface area contributed by atoms with Crippen LogP contribution in [0.25, 0.3) is 0 Å².